The van der Waals surface area contributed by atoms with Crippen molar-refractivity contribution < 1.29 is 4.79 Å². The molecular weight excluding hydrogens is 354 g/mol. The summed E-state index contributed by atoms with van der Waals surface area (Å²) in [5, 5.41) is 6.36. The molecule has 1 fully saturated rings. The number of hydrogen-bond donors (Lipinski definition) is 2. The molecule has 1 aliphatic carbocycles. The second-order valence-corrected chi connectivity index (χ2v) is 6.70. The Hall–Kier alpha value is -1.88. The number of hydrogen-bond acceptors (Lipinski definition) is 3. The van der Waals surface area contributed by atoms with Gasteiger partial charge >= 0.3 is 0 Å². The van der Waals surface area contributed by atoms with Gasteiger partial charge in [0.05, 0.1) is 17.6 Å². The number of aromatic nitrogens is 1. The van der Waals surface area contributed by atoms with E-state index in [1.165, 1.54) is 32.1 Å². The van der Waals surface area contributed by atoms with Gasteiger partial charge in [0.25, 0.3) is 5.91 Å². The maximum Gasteiger partial charge on any atom is 0.274 e. The number of amides is 1. The first-order valence-electron chi connectivity index (χ1n) is 8.01. The average Bonchev–Trinajstić information content (AvgIpc) is 2.58. The minimum absolute atomic E-state index is 0.207. The molecule has 120 valence electrons. The van der Waals surface area contributed by atoms with Crippen molar-refractivity contribution in [3.63, 3.8) is 0 Å². The zero-order valence-corrected chi connectivity index (χ0v) is 14.5. The highest BCUT2D eigenvalue weighted by Crippen LogP contribution is 2.23. The Kier molecular flexibility index (Phi) is 5.28. The number of carbonyl (C=O) groups excluding carboxylic acids is 1. The van der Waals surface area contributed by atoms with Crippen molar-refractivity contribution in [2.24, 2.45) is 0 Å². The summed E-state index contributed by atoms with van der Waals surface area (Å²) in [5.74, 6) is -0.207. The summed E-state index contributed by atoms with van der Waals surface area (Å²) in [7, 11) is 0. The van der Waals surface area contributed by atoms with E-state index in [9.17, 15) is 4.79 Å². The molecule has 23 heavy (non-hydrogen) atoms. The van der Waals surface area contributed by atoms with Gasteiger partial charge in [-0.15, -0.1) is 0 Å². The number of nitrogens with one attached hydrogen (secondary N) is 2. The normalized spacial score (nSPS) is 15.2. The predicted molar refractivity (Wildman–Crippen MR) is 96.8 cm³/mol. The fraction of sp³-hybridized carbons (Fsp3) is 0.333. The summed E-state index contributed by atoms with van der Waals surface area (Å²) < 4.78 is 0.851. The number of pyridine rings is 1. The lowest BCUT2D eigenvalue weighted by molar-refractivity contribution is 0.102. The lowest BCUT2D eigenvalue weighted by Gasteiger charge is -2.23. The number of para-hydroxylation sites is 1. The molecule has 0 aliphatic heterocycles. The molecule has 0 saturated heterocycles. The molecule has 4 nitrogen and oxygen atoms in total. The quantitative estimate of drug-likeness (QED) is 0.805. The average molecular weight is 374 g/mol. The van der Waals surface area contributed by atoms with Crippen LogP contribution < -0.4 is 10.6 Å². The molecule has 0 spiro atoms. The maximum absolute atomic E-state index is 12.3. The van der Waals surface area contributed by atoms with Crippen LogP contribution in [0.2, 0.25) is 0 Å². The van der Waals surface area contributed by atoms with E-state index in [4.69, 9.17) is 0 Å². The highest BCUT2D eigenvalue weighted by Gasteiger charge is 2.14. The Morgan fingerprint density at radius 1 is 1.09 bits per heavy atom. The summed E-state index contributed by atoms with van der Waals surface area (Å²) >= 11 is 3.42. The van der Waals surface area contributed by atoms with Crippen LogP contribution in [0.4, 0.5) is 11.4 Å². The van der Waals surface area contributed by atoms with Crippen molar-refractivity contribution in [3.05, 3.63) is 52.8 Å². The Bertz CT molecular complexity index is 666. The SMILES string of the molecule is O=C(Nc1ccccc1Br)c1ccc(NC2CCCCC2)cn1. The van der Waals surface area contributed by atoms with E-state index in [1.54, 1.807) is 12.3 Å². The van der Waals surface area contributed by atoms with Crippen LogP contribution in [0.5, 0.6) is 0 Å². The predicted octanol–water partition coefficient (Wildman–Crippen LogP) is 4.84. The van der Waals surface area contributed by atoms with E-state index in [0.717, 1.165) is 15.8 Å². The second kappa shape index (κ2) is 7.59. The Morgan fingerprint density at radius 3 is 2.57 bits per heavy atom. The smallest absolute Gasteiger partial charge is 0.274 e. The third-order valence-electron chi connectivity index (χ3n) is 4.09. The minimum atomic E-state index is -0.207. The summed E-state index contributed by atoms with van der Waals surface area (Å²) in [4.78, 5) is 16.5. The van der Waals surface area contributed by atoms with Gasteiger partial charge in [-0.25, -0.2) is 4.98 Å². The van der Waals surface area contributed by atoms with E-state index < -0.39 is 0 Å². The first-order valence-corrected chi connectivity index (χ1v) is 8.80. The monoisotopic (exact) mass is 373 g/mol. The summed E-state index contributed by atoms with van der Waals surface area (Å²) in [6.07, 6.45) is 8.08. The van der Waals surface area contributed by atoms with Gasteiger partial charge in [0.2, 0.25) is 0 Å². The summed E-state index contributed by atoms with van der Waals surface area (Å²) in [6.45, 7) is 0. The van der Waals surface area contributed by atoms with E-state index >= 15 is 0 Å². The van der Waals surface area contributed by atoms with Crippen LogP contribution >= 0.6 is 15.9 Å². The molecule has 0 unspecified atom stereocenters. The molecule has 1 amide bonds. The van der Waals surface area contributed by atoms with Gasteiger partial charge in [0.1, 0.15) is 5.69 Å². The van der Waals surface area contributed by atoms with E-state index in [1.807, 2.05) is 30.3 Å². The third-order valence-corrected chi connectivity index (χ3v) is 4.79. The minimum Gasteiger partial charge on any atom is -0.381 e. The van der Waals surface area contributed by atoms with Crippen molar-refractivity contribution >= 4 is 33.2 Å². The molecule has 0 bridgehead atoms. The van der Waals surface area contributed by atoms with Gasteiger partial charge in [0.15, 0.2) is 0 Å². The largest absolute Gasteiger partial charge is 0.381 e. The standard InChI is InChI=1S/C18H20BrN3O/c19-15-8-4-5-9-16(15)22-18(23)17-11-10-14(12-20-17)21-13-6-2-1-3-7-13/h4-5,8-13,21H,1-3,6-7H2,(H,22,23). The molecule has 3 rings (SSSR count). The van der Waals surface area contributed by atoms with Crippen molar-refractivity contribution in [3.8, 4) is 0 Å². The lowest BCUT2D eigenvalue weighted by atomic mass is 9.95. The van der Waals surface area contributed by atoms with E-state index in [0.29, 0.717) is 11.7 Å². The van der Waals surface area contributed by atoms with Crippen LogP contribution in [-0.2, 0) is 0 Å². The molecule has 5 heteroatoms. The number of nitrogens with zero attached hydrogens (tertiary/aromatic N) is 1. The lowest BCUT2D eigenvalue weighted by Crippen LogP contribution is -2.22. The van der Waals surface area contributed by atoms with Gasteiger partial charge in [-0.3, -0.25) is 4.79 Å². The van der Waals surface area contributed by atoms with Crippen molar-refractivity contribution in [2.45, 2.75) is 38.1 Å². The van der Waals surface area contributed by atoms with Crippen molar-refractivity contribution in [1.82, 2.24) is 4.98 Å². The molecule has 2 aromatic rings. The molecule has 1 saturated carbocycles. The van der Waals surface area contributed by atoms with Crippen LogP contribution in [0.25, 0.3) is 0 Å². The molecule has 1 aromatic heterocycles. The van der Waals surface area contributed by atoms with Crippen LogP contribution in [0, 0.1) is 0 Å². The zero-order valence-electron chi connectivity index (χ0n) is 12.9. The van der Waals surface area contributed by atoms with Gasteiger partial charge in [-0.05, 0) is 53.0 Å². The zero-order chi connectivity index (χ0) is 16.1. The summed E-state index contributed by atoms with van der Waals surface area (Å²) in [5.41, 5.74) is 2.13. The van der Waals surface area contributed by atoms with E-state index in [-0.39, 0.29) is 5.91 Å². The molecule has 2 N–H and O–H groups in total. The fourth-order valence-electron chi connectivity index (χ4n) is 2.85. The maximum atomic E-state index is 12.3. The van der Waals surface area contributed by atoms with E-state index in [2.05, 4.69) is 31.5 Å². The van der Waals surface area contributed by atoms with Crippen LogP contribution in [-0.4, -0.2) is 16.9 Å². The van der Waals surface area contributed by atoms with Crippen molar-refractivity contribution in [1.29, 1.82) is 0 Å². The molecule has 0 radical (unpaired) electrons. The first kappa shape index (κ1) is 16.0. The third kappa shape index (κ3) is 4.32. The Morgan fingerprint density at radius 2 is 1.87 bits per heavy atom. The van der Waals surface area contributed by atoms with Crippen molar-refractivity contribution in [2.75, 3.05) is 10.6 Å². The molecule has 0 atom stereocenters. The van der Waals surface area contributed by atoms with Crippen LogP contribution in [0.1, 0.15) is 42.6 Å². The highest BCUT2D eigenvalue weighted by molar-refractivity contribution is 9.10. The number of halogens is 1. The first-order chi connectivity index (χ1) is 11.2. The number of carbonyl (C=O) groups is 1. The van der Waals surface area contributed by atoms with Gasteiger partial charge in [0, 0.05) is 10.5 Å². The highest BCUT2D eigenvalue weighted by atomic mass is 79.9. The topological polar surface area (TPSA) is 54.0 Å². The van der Waals surface area contributed by atoms with Crippen LogP contribution in [0.15, 0.2) is 47.1 Å². The molecule has 1 aliphatic rings. The number of benzene rings is 1. The number of anilines is 2. The molecule has 1 aromatic carbocycles. The van der Waals surface area contributed by atoms with Gasteiger partial charge in [-0.2, -0.15) is 0 Å². The van der Waals surface area contributed by atoms with Gasteiger partial charge < -0.3 is 10.6 Å². The second-order valence-electron chi connectivity index (χ2n) is 5.85. The Balaban J connectivity index is 1.62. The fourth-order valence-corrected chi connectivity index (χ4v) is 3.23. The Labute approximate surface area is 144 Å². The molecular formula is C18H20BrN3O. The van der Waals surface area contributed by atoms with Crippen LogP contribution in [0.3, 0.4) is 0 Å². The summed E-state index contributed by atoms with van der Waals surface area (Å²) in [6, 6.07) is 11.7. The van der Waals surface area contributed by atoms with Gasteiger partial charge in [-0.1, -0.05) is 31.4 Å². The number of rotatable bonds is 4. The molecule has 1 heterocycles.